The van der Waals surface area contributed by atoms with Crippen LogP contribution in [-0.2, 0) is 0 Å². The van der Waals surface area contributed by atoms with Crippen LogP contribution in [0.3, 0.4) is 0 Å². The standard InChI is InChI=1S/C17H9BrN2O/c18-12-6-5-11-8-16-15-7-10-3-1-2-4-13(10)19(15)17(21)20(16)14(11)9-12/h1-9H. The lowest BCUT2D eigenvalue weighted by Crippen LogP contribution is -2.13. The summed E-state index contributed by atoms with van der Waals surface area (Å²) in [6.07, 6.45) is 0. The van der Waals surface area contributed by atoms with Gasteiger partial charge < -0.3 is 0 Å². The number of para-hydroxylation sites is 1. The molecule has 5 rings (SSSR count). The highest BCUT2D eigenvalue weighted by Gasteiger charge is 2.16. The van der Waals surface area contributed by atoms with E-state index in [2.05, 4.69) is 28.1 Å². The molecule has 0 aliphatic carbocycles. The van der Waals surface area contributed by atoms with Crippen molar-refractivity contribution in [2.45, 2.75) is 0 Å². The van der Waals surface area contributed by atoms with Gasteiger partial charge in [-0.2, -0.15) is 0 Å². The van der Waals surface area contributed by atoms with Gasteiger partial charge in [0.25, 0.3) is 0 Å². The third-order valence-corrected chi connectivity index (χ3v) is 4.62. The van der Waals surface area contributed by atoms with Crippen LogP contribution in [0, 0.1) is 0 Å². The van der Waals surface area contributed by atoms with Crippen molar-refractivity contribution in [1.29, 1.82) is 0 Å². The van der Waals surface area contributed by atoms with Crippen molar-refractivity contribution in [3.8, 4) is 0 Å². The Labute approximate surface area is 127 Å². The van der Waals surface area contributed by atoms with E-state index < -0.39 is 0 Å². The molecule has 3 heterocycles. The van der Waals surface area contributed by atoms with Gasteiger partial charge in [0.2, 0.25) is 0 Å². The monoisotopic (exact) mass is 336 g/mol. The van der Waals surface area contributed by atoms with Gasteiger partial charge in [0.05, 0.1) is 22.1 Å². The Morgan fingerprint density at radius 2 is 1.38 bits per heavy atom. The minimum atomic E-state index is -0.00528. The molecule has 0 saturated heterocycles. The summed E-state index contributed by atoms with van der Waals surface area (Å²) < 4.78 is 4.57. The summed E-state index contributed by atoms with van der Waals surface area (Å²) in [5.74, 6) is 0. The molecule has 3 nitrogen and oxygen atoms in total. The molecule has 0 aliphatic rings. The molecule has 4 heteroatoms. The van der Waals surface area contributed by atoms with E-state index in [1.165, 1.54) is 0 Å². The van der Waals surface area contributed by atoms with Gasteiger partial charge in [-0.15, -0.1) is 0 Å². The van der Waals surface area contributed by atoms with E-state index in [1.807, 2.05) is 42.5 Å². The number of fused-ring (bicyclic) bond motifs is 7. The van der Waals surface area contributed by atoms with Crippen LogP contribution in [-0.4, -0.2) is 8.80 Å². The number of halogens is 1. The van der Waals surface area contributed by atoms with Gasteiger partial charge in [-0.1, -0.05) is 40.2 Å². The normalized spacial score (nSPS) is 12.2. The fourth-order valence-electron chi connectivity index (χ4n) is 3.22. The van der Waals surface area contributed by atoms with Gasteiger partial charge in [0.15, 0.2) is 0 Å². The topological polar surface area (TPSA) is 25.9 Å². The highest BCUT2D eigenvalue weighted by Crippen LogP contribution is 2.28. The SMILES string of the molecule is O=c1n2c3ccccc3cc2c2cc3ccc(Br)cc3n12. The maximum atomic E-state index is 12.9. The van der Waals surface area contributed by atoms with Crippen LogP contribution in [0.5, 0.6) is 0 Å². The second-order valence-electron chi connectivity index (χ2n) is 5.27. The summed E-state index contributed by atoms with van der Waals surface area (Å²) in [4.78, 5) is 12.9. The largest absolute Gasteiger partial charge is 0.338 e. The third kappa shape index (κ3) is 1.30. The molecule has 100 valence electrons. The number of rotatable bonds is 0. The predicted molar refractivity (Wildman–Crippen MR) is 88.5 cm³/mol. The number of hydrogen-bond acceptors (Lipinski definition) is 1. The van der Waals surface area contributed by atoms with Crippen LogP contribution in [0.15, 0.2) is 63.9 Å². The van der Waals surface area contributed by atoms with Gasteiger partial charge in [-0.05, 0) is 30.3 Å². The molecule has 0 saturated carbocycles. The predicted octanol–water partition coefficient (Wildman–Crippen LogP) is 4.06. The van der Waals surface area contributed by atoms with Gasteiger partial charge in [0.1, 0.15) is 0 Å². The Morgan fingerprint density at radius 1 is 0.714 bits per heavy atom. The van der Waals surface area contributed by atoms with E-state index in [1.54, 1.807) is 8.80 Å². The van der Waals surface area contributed by atoms with Gasteiger partial charge in [0, 0.05) is 15.2 Å². The van der Waals surface area contributed by atoms with Crippen molar-refractivity contribution >= 4 is 48.8 Å². The fourth-order valence-corrected chi connectivity index (χ4v) is 3.57. The quantitative estimate of drug-likeness (QED) is 0.418. The molecule has 21 heavy (non-hydrogen) atoms. The van der Waals surface area contributed by atoms with E-state index >= 15 is 0 Å². The second kappa shape index (κ2) is 3.65. The average molecular weight is 337 g/mol. The van der Waals surface area contributed by atoms with Crippen LogP contribution < -0.4 is 5.69 Å². The van der Waals surface area contributed by atoms with Crippen LogP contribution in [0.2, 0.25) is 0 Å². The van der Waals surface area contributed by atoms with Crippen LogP contribution in [0.25, 0.3) is 32.8 Å². The summed E-state index contributed by atoms with van der Waals surface area (Å²) in [5, 5.41) is 2.18. The van der Waals surface area contributed by atoms with E-state index in [-0.39, 0.29) is 5.69 Å². The molecule has 0 amide bonds. The number of nitrogens with zero attached hydrogens (tertiary/aromatic N) is 2. The van der Waals surface area contributed by atoms with Crippen molar-refractivity contribution in [2.24, 2.45) is 0 Å². The van der Waals surface area contributed by atoms with Crippen LogP contribution in [0.1, 0.15) is 0 Å². The van der Waals surface area contributed by atoms with Crippen molar-refractivity contribution in [2.75, 3.05) is 0 Å². The number of aromatic nitrogens is 2. The summed E-state index contributed by atoms with van der Waals surface area (Å²) >= 11 is 3.48. The Kier molecular flexibility index (Phi) is 1.97. The Balaban J connectivity index is 2.14. The first-order valence-corrected chi connectivity index (χ1v) is 7.50. The maximum absolute atomic E-state index is 12.9. The zero-order valence-corrected chi connectivity index (χ0v) is 12.5. The lowest BCUT2D eigenvalue weighted by molar-refractivity contribution is 1.06. The van der Waals surface area contributed by atoms with Crippen molar-refractivity contribution in [3.63, 3.8) is 0 Å². The molecule has 0 aliphatic heterocycles. The smallest absolute Gasteiger partial charge is 0.260 e. The number of imidazole rings is 1. The Morgan fingerprint density at radius 3 is 2.19 bits per heavy atom. The molecule has 5 aromatic rings. The molecule has 0 spiro atoms. The van der Waals surface area contributed by atoms with Crippen LogP contribution in [0.4, 0.5) is 0 Å². The van der Waals surface area contributed by atoms with E-state index in [4.69, 9.17) is 0 Å². The molecular formula is C17H9BrN2O. The van der Waals surface area contributed by atoms with E-state index in [0.29, 0.717) is 0 Å². The zero-order chi connectivity index (χ0) is 14.1. The molecule has 0 unspecified atom stereocenters. The van der Waals surface area contributed by atoms with Crippen molar-refractivity contribution < 1.29 is 0 Å². The molecule has 0 radical (unpaired) electrons. The summed E-state index contributed by atoms with van der Waals surface area (Å²) in [6.45, 7) is 0. The first-order chi connectivity index (χ1) is 10.2. The lowest BCUT2D eigenvalue weighted by Gasteiger charge is -1.93. The van der Waals surface area contributed by atoms with Crippen molar-refractivity contribution in [1.82, 2.24) is 8.80 Å². The van der Waals surface area contributed by atoms with E-state index in [9.17, 15) is 4.79 Å². The summed E-state index contributed by atoms with van der Waals surface area (Å²) in [6, 6.07) is 18.2. The third-order valence-electron chi connectivity index (χ3n) is 4.12. The molecule has 0 N–H and O–H groups in total. The Hall–Kier alpha value is -2.33. The van der Waals surface area contributed by atoms with E-state index in [0.717, 1.165) is 37.3 Å². The highest BCUT2D eigenvalue weighted by molar-refractivity contribution is 9.10. The minimum absolute atomic E-state index is 0.00528. The number of hydrogen-bond donors (Lipinski definition) is 0. The lowest BCUT2D eigenvalue weighted by atomic mass is 10.2. The Bertz CT molecular complexity index is 1220. The molecule has 0 atom stereocenters. The first kappa shape index (κ1) is 11.3. The summed E-state index contributed by atoms with van der Waals surface area (Å²) in [7, 11) is 0. The van der Waals surface area contributed by atoms with Crippen molar-refractivity contribution in [3.05, 3.63) is 69.6 Å². The highest BCUT2D eigenvalue weighted by atomic mass is 79.9. The van der Waals surface area contributed by atoms with Gasteiger partial charge in [-0.3, -0.25) is 8.80 Å². The molecule has 0 fully saturated rings. The second-order valence-corrected chi connectivity index (χ2v) is 6.19. The van der Waals surface area contributed by atoms with Gasteiger partial charge in [-0.25, -0.2) is 4.79 Å². The molecule has 2 aromatic carbocycles. The maximum Gasteiger partial charge on any atom is 0.338 e. The fraction of sp³-hybridized carbons (Fsp3) is 0. The molecule has 3 aromatic heterocycles. The molecule has 0 bridgehead atoms. The van der Waals surface area contributed by atoms with Gasteiger partial charge >= 0.3 is 5.69 Å². The number of benzene rings is 2. The minimum Gasteiger partial charge on any atom is -0.260 e. The first-order valence-electron chi connectivity index (χ1n) is 6.70. The summed E-state index contributed by atoms with van der Waals surface area (Å²) in [5.41, 5.74) is 3.83. The molecular weight excluding hydrogens is 328 g/mol. The average Bonchev–Trinajstić information content (AvgIpc) is 3.10. The van der Waals surface area contributed by atoms with Crippen LogP contribution >= 0.6 is 15.9 Å². The zero-order valence-electron chi connectivity index (χ0n) is 10.9.